The molecule has 0 radical (unpaired) electrons. The van der Waals surface area contributed by atoms with Crippen LogP contribution < -0.4 is 5.32 Å². The molecule has 2 nitrogen and oxygen atoms in total. The molecule has 2 rings (SSSR count). The van der Waals surface area contributed by atoms with E-state index in [-0.39, 0.29) is 11.8 Å². The van der Waals surface area contributed by atoms with Crippen molar-refractivity contribution in [3.05, 3.63) is 40.9 Å². The zero-order valence-corrected chi connectivity index (χ0v) is 10.3. The van der Waals surface area contributed by atoms with Crippen LogP contribution in [0.2, 0.25) is 5.02 Å². The van der Waals surface area contributed by atoms with Crippen LogP contribution in [0.4, 0.5) is 0 Å². The molecule has 1 saturated heterocycles. The van der Waals surface area contributed by atoms with Crippen molar-refractivity contribution < 1.29 is 4.74 Å². The second-order valence-corrected chi connectivity index (χ2v) is 4.92. The highest BCUT2D eigenvalue weighted by Gasteiger charge is 2.28. The third kappa shape index (κ3) is 3.08. The molecule has 16 heavy (non-hydrogen) atoms. The van der Waals surface area contributed by atoms with Gasteiger partial charge in [-0.25, -0.2) is 0 Å². The van der Waals surface area contributed by atoms with Gasteiger partial charge in [-0.05, 0) is 31.5 Å². The van der Waals surface area contributed by atoms with E-state index < -0.39 is 0 Å². The number of ether oxygens (including phenoxy) is 1. The molecular weight excluding hydrogens is 222 g/mol. The smallest absolute Gasteiger partial charge is 0.114 e. The van der Waals surface area contributed by atoms with Crippen LogP contribution in [0.25, 0.3) is 6.08 Å². The van der Waals surface area contributed by atoms with Gasteiger partial charge >= 0.3 is 0 Å². The van der Waals surface area contributed by atoms with Crippen LogP contribution >= 0.6 is 11.6 Å². The van der Waals surface area contributed by atoms with E-state index in [0.717, 1.165) is 10.6 Å². The van der Waals surface area contributed by atoms with Crippen molar-refractivity contribution in [2.24, 2.45) is 0 Å². The Hall–Kier alpha value is -0.830. The molecule has 3 heteroatoms. The summed E-state index contributed by atoms with van der Waals surface area (Å²) in [6, 6.07) is 8.07. The Bertz CT molecular complexity index is 401. The van der Waals surface area contributed by atoms with Crippen molar-refractivity contribution in [2.75, 3.05) is 6.61 Å². The van der Waals surface area contributed by atoms with Gasteiger partial charge in [-0.2, -0.15) is 0 Å². The molecule has 0 amide bonds. The van der Waals surface area contributed by atoms with Crippen molar-refractivity contribution in [3.8, 4) is 0 Å². The first-order valence-electron chi connectivity index (χ1n) is 5.41. The number of benzene rings is 1. The Morgan fingerprint density at radius 1 is 1.50 bits per heavy atom. The first kappa shape index (κ1) is 11.6. The molecule has 1 aromatic carbocycles. The van der Waals surface area contributed by atoms with Crippen LogP contribution in [0.1, 0.15) is 19.4 Å². The normalized spacial score (nSPS) is 24.1. The van der Waals surface area contributed by atoms with Crippen molar-refractivity contribution in [1.82, 2.24) is 5.32 Å². The molecule has 86 valence electrons. The summed E-state index contributed by atoms with van der Waals surface area (Å²) in [6.45, 7) is 4.77. The van der Waals surface area contributed by atoms with Crippen LogP contribution in [-0.2, 0) is 4.74 Å². The SMILES string of the molecule is CC1(C)NC(/C=C/c2cccc(Cl)c2)CO1. The van der Waals surface area contributed by atoms with Crippen LogP contribution in [0.15, 0.2) is 30.3 Å². The number of halogens is 1. The molecule has 0 saturated carbocycles. The lowest BCUT2D eigenvalue weighted by Crippen LogP contribution is -2.37. The predicted octanol–water partition coefficient (Wildman–Crippen LogP) is 3.08. The zero-order chi connectivity index (χ0) is 11.6. The summed E-state index contributed by atoms with van der Waals surface area (Å²) in [6.07, 6.45) is 4.18. The maximum absolute atomic E-state index is 5.91. The molecule has 1 atom stereocenters. The highest BCUT2D eigenvalue weighted by molar-refractivity contribution is 6.30. The topological polar surface area (TPSA) is 21.3 Å². The Labute approximate surface area is 101 Å². The van der Waals surface area contributed by atoms with E-state index in [1.54, 1.807) is 0 Å². The van der Waals surface area contributed by atoms with Crippen LogP contribution in [0, 0.1) is 0 Å². The van der Waals surface area contributed by atoms with Gasteiger partial charge in [-0.15, -0.1) is 0 Å². The molecule has 0 bridgehead atoms. The number of nitrogens with one attached hydrogen (secondary N) is 1. The average molecular weight is 238 g/mol. The number of hydrogen-bond donors (Lipinski definition) is 1. The van der Waals surface area contributed by atoms with Crippen molar-refractivity contribution in [1.29, 1.82) is 0 Å². The molecule has 0 aliphatic carbocycles. The number of hydrogen-bond acceptors (Lipinski definition) is 2. The fourth-order valence-electron chi connectivity index (χ4n) is 1.77. The maximum atomic E-state index is 5.91. The molecule has 1 N–H and O–H groups in total. The summed E-state index contributed by atoms with van der Waals surface area (Å²) in [5, 5.41) is 4.14. The molecular formula is C13H16ClNO. The van der Waals surface area contributed by atoms with E-state index in [4.69, 9.17) is 16.3 Å². The predicted molar refractivity (Wildman–Crippen MR) is 67.4 cm³/mol. The molecule has 1 aromatic rings. The highest BCUT2D eigenvalue weighted by atomic mass is 35.5. The minimum Gasteiger partial charge on any atom is -0.359 e. The summed E-state index contributed by atoms with van der Waals surface area (Å²) in [5.41, 5.74) is 0.891. The van der Waals surface area contributed by atoms with E-state index >= 15 is 0 Å². The van der Waals surface area contributed by atoms with Gasteiger partial charge in [0.05, 0.1) is 12.6 Å². The third-order valence-corrected chi connectivity index (χ3v) is 2.76. The van der Waals surface area contributed by atoms with Gasteiger partial charge in [0, 0.05) is 5.02 Å². The summed E-state index contributed by atoms with van der Waals surface area (Å²) in [4.78, 5) is 0. The lowest BCUT2D eigenvalue weighted by atomic mass is 10.2. The van der Waals surface area contributed by atoms with Gasteiger partial charge in [-0.3, -0.25) is 5.32 Å². The summed E-state index contributed by atoms with van der Waals surface area (Å²) in [7, 11) is 0. The molecule has 1 aliphatic heterocycles. The molecule has 1 aliphatic rings. The quantitative estimate of drug-likeness (QED) is 0.854. The van der Waals surface area contributed by atoms with Crippen molar-refractivity contribution >= 4 is 17.7 Å². The Morgan fingerprint density at radius 2 is 2.31 bits per heavy atom. The van der Waals surface area contributed by atoms with Gasteiger partial charge in [0.2, 0.25) is 0 Å². The minimum atomic E-state index is -0.219. The maximum Gasteiger partial charge on any atom is 0.114 e. The second-order valence-electron chi connectivity index (χ2n) is 4.49. The lowest BCUT2D eigenvalue weighted by Gasteiger charge is -2.16. The summed E-state index contributed by atoms with van der Waals surface area (Å²) < 4.78 is 5.58. The fourth-order valence-corrected chi connectivity index (χ4v) is 1.97. The van der Waals surface area contributed by atoms with Gasteiger partial charge in [0.1, 0.15) is 5.72 Å². The van der Waals surface area contributed by atoms with Gasteiger partial charge in [0.15, 0.2) is 0 Å². The largest absolute Gasteiger partial charge is 0.359 e. The monoisotopic (exact) mass is 237 g/mol. The summed E-state index contributed by atoms with van der Waals surface area (Å²) >= 11 is 5.91. The van der Waals surface area contributed by atoms with Crippen LogP contribution in [0.3, 0.4) is 0 Å². The molecule has 1 heterocycles. The average Bonchev–Trinajstić information content (AvgIpc) is 2.56. The summed E-state index contributed by atoms with van der Waals surface area (Å²) in [5.74, 6) is 0. The highest BCUT2D eigenvalue weighted by Crippen LogP contribution is 2.17. The van der Waals surface area contributed by atoms with E-state index in [1.807, 2.05) is 38.1 Å². The first-order chi connectivity index (χ1) is 7.55. The fraction of sp³-hybridized carbons (Fsp3) is 0.385. The van der Waals surface area contributed by atoms with Crippen molar-refractivity contribution in [2.45, 2.75) is 25.6 Å². The van der Waals surface area contributed by atoms with E-state index in [0.29, 0.717) is 6.61 Å². The first-order valence-corrected chi connectivity index (χ1v) is 5.78. The van der Waals surface area contributed by atoms with E-state index in [1.165, 1.54) is 0 Å². The van der Waals surface area contributed by atoms with Gasteiger partial charge in [-0.1, -0.05) is 35.9 Å². The molecule has 1 fully saturated rings. The Kier molecular flexibility index (Phi) is 3.33. The molecule has 0 aromatic heterocycles. The van der Waals surface area contributed by atoms with Gasteiger partial charge < -0.3 is 4.74 Å². The molecule has 0 spiro atoms. The van der Waals surface area contributed by atoms with E-state index in [2.05, 4.69) is 17.5 Å². The second kappa shape index (κ2) is 4.58. The Balaban J connectivity index is 2.00. The van der Waals surface area contributed by atoms with E-state index in [9.17, 15) is 0 Å². The van der Waals surface area contributed by atoms with Crippen LogP contribution in [0.5, 0.6) is 0 Å². The standard InChI is InChI=1S/C13H16ClNO/c1-13(2)15-12(9-16-13)7-6-10-4-3-5-11(14)8-10/h3-8,12,15H,9H2,1-2H3/b7-6+. The minimum absolute atomic E-state index is 0.219. The van der Waals surface area contributed by atoms with Crippen molar-refractivity contribution in [3.63, 3.8) is 0 Å². The third-order valence-electron chi connectivity index (χ3n) is 2.53. The number of rotatable bonds is 2. The lowest BCUT2D eigenvalue weighted by molar-refractivity contribution is 0.0232. The molecule has 1 unspecified atom stereocenters. The Morgan fingerprint density at radius 3 is 2.94 bits per heavy atom. The zero-order valence-electron chi connectivity index (χ0n) is 9.53. The van der Waals surface area contributed by atoms with Crippen LogP contribution in [-0.4, -0.2) is 18.4 Å². The van der Waals surface area contributed by atoms with Gasteiger partial charge in [0.25, 0.3) is 0 Å².